The minimum absolute atomic E-state index is 0.00595. The number of nitrogens with one attached hydrogen (secondary N) is 2. The molecule has 0 fully saturated rings. The molecular weight excluding hydrogens is 420 g/mol. The summed E-state index contributed by atoms with van der Waals surface area (Å²) in [6.07, 6.45) is 0.890. The van der Waals surface area contributed by atoms with E-state index in [9.17, 15) is 18.4 Å². The van der Waals surface area contributed by atoms with Gasteiger partial charge in [-0.1, -0.05) is 26.0 Å². The second kappa shape index (κ2) is 10.8. The first-order valence-electron chi connectivity index (χ1n) is 10.5. The van der Waals surface area contributed by atoms with Crippen LogP contribution in [0.5, 0.6) is 11.5 Å². The van der Waals surface area contributed by atoms with Crippen LogP contribution in [0.4, 0.5) is 20.2 Å². The maximum absolute atomic E-state index is 12.7. The molecule has 0 spiro atoms. The van der Waals surface area contributed by atoms with Gasteiger partial charge in [0, 0.05) is 11.7 Å². The zero-order chi connectivity index (χ0) is 23.1. The van der Waals surface area contributed by atoms with Crippen LogP contribution < -0.4 is 25.0 Å². The van der Waals surface area contributed by atoms with Crippen molar-refractivity contribution in [3.63, 3.8) is 0 Å². The zero-order valence-corrected chi connectivity index (χ0v) is 18.0. The topological polar surface area (TPSA) is 79.9 Å². The van der Waals surface area contributed by atoms with Gasteiger partial charge in [0.25, 0.3) is 5.91 Å². The Labute approximate surface area is 185 Å². The number of para-hydroxylation sites is 2. The largest absolute Gasteiger partial charge is 0.477 e. The minimum atomic E-state index is -2.91. The maximum Gasteiger partial charge on any atom is 0.387 e. The Morgan fingerprint density at radius 1 is 1.12 bits per heavy atom. The molecule has 9 heteroatoms. The summed E-state index contributed by atoms with van der Waals surface area (Å²) in [5.41, 5.74) is 1.16. The summed E-state index contributed by atoms with van der Waals surface area (Å²) in [6.45, 7) is 1.32. The molecule has 3 rings (SSSR count). The molecule has 0 saturated carbocycles. The van der Waals surface area contributed by atoms with Gasteiger partial charge in [-0.05, 0) is 49.2 Å². The van der Waals surface area contributed by atoms with Crippen molar-refractivity contribution in [1.82, 2.24) is 5.32 Å². The fraction of sp³-hybridized carbons (Fsp3) is 0.391. The molecule has 0 aromatic heterocycles. The molecule has 172 valence electrons. The van der Waals surface area contributed by atoms with Crippen LogP contribution in [0.1, 0.15) is 26.7 Å². The van der Waals surface area contributed by atoms with Crippen LogP contribution in [0.15, 0.2) is 48.5 Å². The van der Waals surface area contributed by atoms with Crippen LogP contribution in [0.2, 0.25) is 0 Å². The van der Waals surface area contributed by atoms with Gasteiger partial charge in [-0.25, -0.2) is 0 Å². The number of benzene rings is 2. The lowest BCUT2D eigenvalue weighted by molar-refractivity contribution is -0.129. The van der Waals surface area contributed by atoms with E-state index < -0.39 is 12.7 Å². The van der Waals surface area contributed by atoms with Crippen molar-refractivity contribution in [2.75, 3.05) is 23.3 Å². The number of ether oxygens (including phenoxy) is 2. The van der Waals surface area contributed by atoms with Gasteiger partial charge >= 0.3 is 6.61 Å². The Balaban J connectivity index is 1.67. The van der Waals surface area contributed by atoms with Gasteiger partial charge in [-0.15, -0.1) is 0 Å². The van der Waals surface area contributed by atoms with E-state index in [4.69, 9.17) is 4.74 Å². The van der Waals surface area contributed by atoms with Gasteiger partial charge in [0.1, 0.15) is 11.5 Å². The molecule has 7 nitrogen and oxygen atoms in total. The normalized spacial score (nSPS) is 15.2. The van der Waals surface area contributed by atoms with Crippen molar-refractivity contribution in [3.8, 4) is 11.5 Å². The lowest BCUT2D eigenvalue weighted by Gasteiger charge is -2.35. The van der Waals surface area contributed by atoms with E-state index in [2.05, 4.69) is 15.4 Å². The van der Waals surface area contributed by atoms with Gasteiger partial charge in [-0.3, -0.25) is 9.59 Å². The quantitative estimate of drug-likeness (QED) is 0.611. The van der Waals surface area contributed by atoms with E-state index in [0.717, 1.165) is 18.5 Å². The smallest absolute Gasteiger partial charge is 0.387 e. The molecular formula is C23H27F2N3O4. The Bertz CT molecular complexity index is 920. The SMILES string of the molecule is CCC(CC)NC(=O)C1CN(CC(=O)Nc2ccc(OC(F)F)cc2)c2ccccc2O1. The number of amides is 2. The second-order valence-electron chi connectivity index (χ2n) is 7.43. The predicted molar refractivity (Wildman–Crippen MR) is 117 cm³/mol. The third-order valence-electron chi connectivity index (χ3n) is 5.18. The number of nitrogens with zero attached hydrogens (tertiary/aromatic N) is 1. The lowest BCUT2D eigenvalue weighted by atomic mass is 10.1. The zero-order valence-electron chi connectivity index (χ0n) is 18.0. The van der Waals surface area contributed by atoms with Crippen LogP contribution in [-0.2, 0) is 9.59 Å². The first-order chi connectivity index (χ1) is 15.4. The van der Waals surface area contributed by atoms with E-state index in [1.165, 1.54) is 24.3 Å². The highest BCUT2D eigenvalue weighted by Crippen LogP contribution is 2.33. The Hall–Kier alpha value is -3.36. The molecule has 1 aliphatic heterocycles. The summed E-state index contributed by atoms with van der Waals surface area (Å²) in [5.74, 6) is 0.00721. The average Bonchev–Trinajstić information content (AvgIpc) is 2.78. The molecule has 0 aliphatic carbocycles. The van der Waals surface area contributed by atoms with Crippen molar-refractivity contribution in [2.45, 2.75) is 45.4 Å². The molecule has 1 heterocycles. The number of hydrogen-bond donors (Lipinski definition) is 2. The number of anilines is 2. The molecule has 1 unspecified atom stereocenters. The van der Waals surface area contributed by atoms with E-state index in [1.54, 1.807) is 17.0 Å². The highest BCUT2D eigenvalue weighted by molar-refractivity contribution is 5.95. The molecule has 2 aromatic rings. The van der Waals surface area contributed by atoms with Crippen LogP contribution >= 0.6 is 0 Å². The summed E-state index contributed by atoms with van der Waals surface area (Å²) in [4.78, 5) is 27.2. The third kappa shape index (κ3) is 6.09. The average molecular weight is 447 g/mol. The molecule has 32 heavy (non-hydrogen) atoms. The van der Waals surface area contributed by atoms with Crippen molar-refractivity contribution < 1.29 is 27.8 Å². The number of hydrogen-bond acceptors (Lipinski definition) is 5. The fourth-order valence-electron chi connectivity index (χ4n) is 3.47. The van der Waals surface area contributed by atoms with Crippen molar-refractivity contribution in [1.29, 1.82) is 0 Å². The van der Waals surface area contributed by atoms with E-state index in [0.29, 0.717) is 11.4 Å². The van der Waals surface area contributed by atoms with Crippen LogP contribution in [-0.4, -0.2) is 43.7 Å². The van der Waals surface area contributed by atoms with Gasteiger partial charge in [0.15, 0.2) is 6.10 Å². The van der Waals surface area contributed by atoms with Gasteiger partial charge < -0.3 is 25.0 Å². The summed E-state index contributed by atoms with van der Waals surface area (Å²) in [6, 6.07) is 13.0. The van der Waals surface area contributed by atoms with E-state index >= 15 is 0 Å². The minimum Gasteiger partial charge on any atom is -0.477 e. The molecule has 0 radical (unpaired) electrons. The molecule has 0 saturated heterocycles. The second-order valence-corrected chi connectivity index (χ2v) is 7.43. The summed E-state index contributed by atoms with van der Waals surface area (Å²) in [5, 5.41) is 5.72. The van der Waals surface area contributed by atoms with Crippen molar-refractivity contribution >= 4 is 23.2 Å². The number of alkyl halides is 2. The Morgan fingerprint density at radius 3 is 2.47 bits per heavy atom. The molecule has 0 bridgehead atoms. The highest BCUT2D eigenvalue weighted by atomic mass is 19.3. The van der Waals surface area contributed by atoms with E-state index in [1.807, 2.05) is 26.0 Å². The first-order valence-corrected chi connectivity index (χ1v) is 10.5. The van der Waals surface area contributed by atoms with Gasteiger partial charge in [-0.2, -0.15) is 8.78 Å². The molecule has 2 N–H and O–H groups in total. The Kier molecular flexibility index (Phi) is 7.86. The monoisotopic (exact) mass is 447 g/mol. The number of rotatable bonds is 9. The van der Waals surface area contributed by atoms with Crippen molar-refractivity contribution in [3.05, 3.63) is 48.5 Å². The fourth-order valence-corrected chi connectivity index (χ4v) is 3.47. The summed E-state index contributed by atoms with van der Waals surface area (Å²) < 4.78 is 34.8. The van der Waals surface area contributed by atoms with Crippen LogP contribution in [0.25, 0.3) is 0 Å². The maximum atomic E-state index is 12.7. The molecule has 2 amide bonds. The number of fused-ring (bicyclic) bond motifs is 1. The third-order valence-corrected chi connectivity index (χ3v) is 5.18. The molecule has 1 aliphatic rings. The van der Waals surface area contributed by atoms with E-state index in [-0.39, 0.29) is 36.7 Å². The molecule has 2 aromatic carbocycles. The van der Waals surface area contributed by atoms with Crippen LogP contribution in [0, 0.1) is 0 Å². The Morgan fingerprint density at radius 2 is 1.81 bits per heavy atom. The van der Waals surface area contributed by atoms with Gasteiger partial charge in [0.05, 0.1) is 18.8 Å². The standard InChI is InChI=1S/C23H27F2N3O4/c1-3-15(4-2)27-22(30)20-13-28(18-7-5-6-8-19(18)32-20)14-21(29)26-16-9-11-17(12-10-16)31-23(24)25/h5-12,15,20,23H,3-4,13-14H2,1-2H3,(H,26,29)(H,27,30). The number of halogens is 2. The first kappa shape index (κ1) is 23.3. The lowest BCUT2D eigenvalue weighted by Crippen LogP contribution is -2.52. The highest BCUT2D eigenvalue weighted by Gasteiger charge is 2.32. The number of carbonyl (C=O) groups excluding carboxylic acids is 2. The number of carbonyl (C=O) groups is 2. The van der Waals surface area contributed by atoms with Crippen molar-refractivity contribution in [2.24, 2.45) is 0 Å². The van der Waals surface area contributed by atoms with Crippen LogP contribution in [0.3, 0.4) is 0 Å². The summed E-state index contributed by atoms with van der Waals surface area (Å²) >= 11 is 0. The predicted octanol–water partition coefficient (Wildman–Crippen LogP) is 3.80. The van der Waals surface area contributed by atoms with Gasteiger partial charge in [0.2, 0.25) is 5.91 Å². The molecule has 1 atom stereocenters. The summed E-state index contributed by atoms with van der Waals surface area (Å²) in [7, 11) is 0.